The van der Waals surface area contributed by atoms with Crippen molar-refractivity contribution in [1.29, 1.82) is 0 Å². The van der Waals surface area contributed by atoms with Crippen LogP contribution in [-0.2, 0) is 6.18 Å². The highest BCUT2D eigenvalue weighted by Gasteiger charge is 2.34. The van der Waals surface area contributed by atoms with Crippen LogP contribution in [0.15, 0.2) is 103 Å². The molecule has 0 aliphatic carbocycles. The minimum absolute atomic E-state index is 0.135. The number of hydrogen-bond acceptors (Lipinski definition) is 4. The number of nitrogens with zero attached hydrogens (tertiary/aromatic N) is 1. The maximum absolute atomic E-state index is 13.8. The lowest BCUT2D eigenvalue weighted by Crippen LogP contribution is -2.19. The summed E-state index contributed by atoms with van der Waals surface area (Å²) in [6.45, 7) is 0. The molecular formula is C31H22F3N3O3. The zero-order valence-corrected chi connectivity index (χ0v) is 21.1. The second kappa shape index (κ2) is 10.9. The lowest BCUT2D eigenvalue weighted by atomic mass is 9.91. The molecule has 0 saturated carbocycles. The fraction of sp³-hybridized carbons (Fsp3) is 0.0645. The van der Waals surface area contributed by atoms with E-state index in [9.17, 15) is 22.8 Å². The molecule has 0 aliphatic rings. The number of fused-ring (bicyclic) bond motifs is 1. The van der Waals surface area contributed by atoms with Crippen molar-refractivity contribution < 1.29 is 27.5 Å². The van der Waals surface area contributed by atoms with Gasteiger partial charge in [-0.2, -0.15) is 13.2 Å². The molecule has 0 aliphatic heterocycles. The second-order valence-corrected chi connectivity index (χ2v) is 8.83. The molecule has 1 heterocycles. The SMILES string of the molecule is COc1cccc(NC(=O)Nc2cccc(-c3c(C(=O)c4ccccc4)cnc4c(C(F)(F)F)cccc34)c2)c1. The molecule has 200 valence electrons. The molecule has 0 saturated heterocycles. The Bertz CT molecular complexity index is 1720. The number of nitrogens with one attached hydrogen (secondary N) is 2. The van der Waals surface area contributed by atoms with E-state index in [1.165, 1.54) is 25.4 Å². The van der Waals surface area contributed by atoms with E-state index in [0.29, 0.717) is 28.3 Å². The fourth-order valence-electron chi connectivity index (χ4n) is 4.43. The first-order valence-corrected chi connectivity index (χ1v) is 12.2. The van der Waals surface area contributed by atoms with Crippen LogP contribution < -0.4 is 15.4 Å². The molecule has 5 rings (SSSR count). The molecule has 1 aromatic heterocycles. The Morgan fingerprint density at radius 3 is 2.17 bits per heavy atom. The zero-order valence-electron chi connectivity index (χ0n) is 21.1. The highest BCUT2D eigenvalue weighted by molar-refractivity contribution is 6.17. The van der Waals surface area contributed by atoms with Crippen molar-refractivity contribution in [2.75, 3.05) is 17.7 Å². The van der Waals surface area contributed by atoms with Gasteiger partial charge >= 0.3 is 12.2 Å². The molecule has 0 radical (unpaired) electrons. The van der Waals surface area contributed by atoms with E-state index in [1.54, 1.807) is 78.9 Å². The number of urea groups is 1. The Morgan fingerprint density at radius 1 is 0.800 bits per heavy atom. The largest absolute Gasteiger partial charge is 0.497 e. The van der Waals surface area contributed by atoms with E-state index in [2.05, 4.69) is 15.6 Å². The average Bonchev–Trinajstić information content (AvgIpc) is 2.96. The molecule has 5 aromatic rings. The number of para-hydroxylation sites is 1. The Balaban J connectivity index is 1.59. The van der Waals surface area contributed by atoms with Crippen molar-refractivity contribution in [3.63, 3.8) is 0 Å². The van der Waals surface area contributed by atoms with E-state index in [-0.39, 0.29) is 22.0 Å². The van der Waals surface area contributed by atoms with Crippen LogP contribution in [-0.4, -0.2) is 23.9 Å². The van der Waals surface area contributed by atoms with Gasteiger partial charge in [0.25, 0.3) is 0 Å². The molecule has 4 aromatic carbocycles. The van der Waals surface area contributed by atoms with E-state index < -0.39 is 23.6 Å². The maximum atomic E-state index is 13.8. The molecule has 0 bridgehead atoms. The third kappa shape index (κ3) is 5.49. The summed E-state index contributed by atoms with van der Waals surface area (Å²) in [5.74, 6) is 0.176. The van der Waals surface area contributed by atoms with Crippen molar-refractivity contribution in [1.82, 2.24) is 4.98 Å². The van der Waals surface area contributed by atoms with Crippen LogP contribution in [0.3, 0.4) is 0 Å². The topological polar surface area (TPSA) is 80.3 Å². The van der Waals surface area contributed by atoms with Gasteiger partial charge in [-0.15, -0.1) is 0 Å². The van der Waals surface area contributed by atoms with Gasteiger partial charge in [-0.3, -0.25) is 9.78 Å². The Hall–Kier alpha value is -5.18. The Kier molecular flexibility index (Phi) is 7.20. The van der Waals surface area contributed by atoms with Crippen molar-refractivity contribution in [3.8, 4) is 16.9 Å². The van der Waals surface area contributed by atoms with Gasteiger partial charge in [0, 0.05) is 45.7 Å². The number of anilines is 2. The van der Waals surface area contributed by atoms with Crippen molar-refractivity contribution >= 4 is 34.1 Å². The standard InChI is InChI=1S/C31H22F3N3O3/c1-40-23-13-6-12-22(17-23)37-30(39)36-21-11-5-10-20(16-21)27-24-14-7-15-26(31(32,33)34)28(24)35-18-25(27)29(38)19-8-3-2-4-9-19/h2-18H,1H3,(H2,36,37,39). The molecule has 2 amide bonds. The minimum Gasteiger partial charge on any atom is -0.497 e. The third-order valence-electron chi connectivity index (χ3n) is 6.22. The first-order chi connectivity index (χ1) is 19.2. The van der Waals surface area contributed by atoms with Crippen molar-refractivity contribution in [2.24, 2.45) is 0 Å². The van der Waals surface area contributed by atoms with Crippen LogP contribution in [0.2, 0.25) is 0 Å². The number of benzene rings is 4. The smallest absolute Gasteiger partial charge is 0.418 e. The molecule has 9 heteroatoms. The number of carbonyl (C=O) groups is 2. The number of hydrogen-bond donors (Lipinski definition) is 2. The predicted octanol–water partition coefficient (Wildman–Crippen LogP) is 7.80. The van der Waals surface area contributed by atoms with Gasteiger partial charge in [0.05, 0.1) is 18.2 Å². The number of methoxy groups -OCH3 is 1. The van der Waals surface area contributed by atoms with Gasteiger partial charge in [0.2, 0.25) is 0 Å². The summed E-state index contributed by atoms with van der Waals surface area (Å²) in [5, 5.41) is 5.60. The van der Waals surface area contributed by atoms with Crippen LogP contribution in [0.1, 0.15) is 21.5 Å². The number of aromatic nitrogens is 1. The normalized spacial score (nSPS) is 11.2. The lowest BCUT2D eigenvalue weighted by Gasteiger charge is -2.16. The number of halogens is 3. The van der Waals surface area contributed by atoms with Crippen LogP contribution >= 0.6 is 0 Å². The average molecular weight is 542 g/mol. The molecule has 40 heavy (non-hydrogen) atoms. The summed E-state index contributed by atoms with van der Waals surface area (Å²) in [5.41, 5.74) is 0.906. The van der Waals surface area contributed by atoms with Crippen LogP contribution in [0.25, 0.3) is 22.0 Å². The number of carbonyl (C=O) groups excluding carboxylic acids is 2. The quantitative estimate of drug-likeness (QED) is 0.215. The summed E-state index contributed by atoms with van der Waals surface area (Å²) in [6.07, 6.45) is -3.46. The van der Waals surface area contributed by atoms with Crippen molar-refractivity contribution in [2.45, 2.75) is 6.18 Å². The number of pyridine rings is 1. The van der Waals surface area contributed by atoms with Crippen molar-refractivity contribution in [3.05, 3.63) is 120 Å². The van der Waals surface area contributed by atoms with E-state index in [0.717, 1.165) is 6.07 Å². The van der Waals surface area contributed by atoms with Gasteiger partial charge in [0.15, 0.2) is 5.78 Å². The summed E-state index contributed by atoms with van der Waals surface area (Å²) in [4.78, 5) is 30.3. The molecule has 0 unspecified atom stereocenters. The summed E-state index contributed by atoms with van der Waals surface area (Å²) in [7, 11) is 1.52. The fourth-order valence-corrected chi connectivity index (χ4v) is 4.43. The maximum Gasteiger partial charge on any atom is 0.418 e. The molecule has 2 N–H and O–H groups in total. The van der Waals surface area contributed by atoms with Gasteiger partial charge in [-0.25, -0.2) is 4.79 Å². The van der Waals surface area contributed by atoms with Crippen LogP contribution in [0, 0.1) is 0 Å². The molecule has 0 fully saturated rings. The number of amides is 2. The van der Waals surface area contributed by atoms with Gasteiger partial charge in [-0.05, 0) is 35.9 Å². The second-order valence-electron chi connectivity index (χ2n) is 8.83. The van der Waals surface area contributed by atoms with Crippen LogP contribution in [0.5, 0.6) is 5.75 Å². The van der Waals surface area contributed by atoms with Crippen LogP contribution in [0.4, 0.5) is 29.3 Å². The first kappa shape index (κ1) is 26.4. The third-order valence-corrected chi connectivity index (χ3v) is 6.22. The number of ketones is 1. The van der Waals surface area contributed by atoms with Gasteiger partial charge in [0.1, 0.15) is 5.75 Å². The summed E-state index contributed by atoms with van der Waals surface area (Å²) in [6, 6.07) is 25.0. The summed E-state index contributed by atoms with van der Waals surface area (Å²) >= 11 is 0. The number of ether oxygens (including phenoxy) is 1. The zero-order chi connectivity index (χ0) is 28.3. The lowest BCUT2D eigenvalue weighted by molar-refractivity contribution is -0.136. The Morgan fingerprint density at radius 2 is 1.48 bits per heavy atom. The van der Waals surface area contributed by atoms with E-state index in [1.807, 2.05) is 0 Å². The van der Waals surface area contributed by atoms with Gasteiger partial charge < -0.3 is 15.4 Å². The number of rotatable bonds is 6. The molecule has 0 spiro atoms. The Labute approximate surface area is 227 Å². The predicted molar refractivity (Wildman–Crippen MR) is 148 cm³/mol. The summed E-state index contributed by atoms with van der Waals surface area (Å²) < 4.78 is 46.7. The molecule has 0 atom stereocenters. The molecular weight excluding hydrogens is 519 g/mol. The first-order valence-electron chi connectivity index (χ1n) is 12.2. The van der Waals surface area contributed by atoms with E-state index >= 15 is 0 Å². The van der Waals surface area contributed by atoms with E-state index in [4.69, 9.17) is 4.74 Å². The number of alkyl halides is 3. The highest BCUT2D eigenvalue weighted by Crippen LogP contribution is 2.39. The highest BCUT2D eigenvalue weighted by atomic mass is 19.4. The molecule has 6 nitrogen and oxygen atoms in total. The monoisotopic (exact) mass is 541 g/mol. The van der Waals surface area contributed by atoms with Gasteiger partial charge in [-0.1, -0.05) is 60.7 Å². The minimum atomic E-state index is -4.64.